The van der Waals surface area contributed by atoms with Gasteiger partial charge in [0.2, 0.25) is 0 Å². The van der Waals surface area contributed by atoms with E-state index in [0.29, 0.717) is 18.0 Å². The molecule has 5 nitrogen and oxygen atoms in total. The molecule has 0 saturated heterocycles. The number of esters is 1. The van der Waals surface area contributed by atoms with Gasteiger partial charge in [0.05, 0.1) is 17.6 Å². The summed E-state index contributed by atoms with van der Waals surface area (Å²) < 4.78 is 5.10. The number of nitrogens with zero attached hydrogens (tertiary/aromatic N) is 2. The Kier molecular flexibility index (Phi) is 6.70. The summed E-state index contributed by atoms with van der Waals surface area (Å²) in [5, 5.41) is 6.44. The molecular weight excluding hydrogens is 418 g/mol. The Morgan fingerprint density at radius 1 is 1.10 bits per heavy atom. The van der Waals surface area contributed by atoms with Crippen LogP contribution in [0.1, 0.15) is 28.4 Å². The fourth-order valence-electron chi connectivity index (χ4n) is 3.17. The molecule has 0 fully saturated rings. The standard InChI is InChI=1S/C23H21N3O2S.ClH/c1-4-28-23(27)17-6-5-7-18(11-17)26-21-20-19(12-29-22(20)25-13-24-21)16-9-8-14(2)15(3)10-16;/h5-13H,4H2,1-3H3,(H,24,25,26);1H. The van der Waals surface area contributed by atoms with Crippen LogP contribution >= 0.6 is 23.7 Å². The number of carbonyl (C=O) groups excluding carboxylic acids is 1. The molecule has 4 rings (SSSR count). The maximum Gasteiger partial charge on any atom is 0.338 e. The molecule has 0 spiro atoms. The lowest BCUT2D eigenvalue weighted by Crippen LogP contribution is -2.05. The third-order valence-electron chi connectivity index (χ3n) is 4.82. The number of aryl methyl sites for hydroxylation is 2. The molecule has 0 aliphatic rings. The minimum atomic E-state index is -0.338. The molecule has 0 bridgehead atoms. The number of rotatable bonds is 5. The number of ether oxygens (including phenoxy) is 1. The zero-order valence-electron chi connectivity index (χ0n) is 16.9. The fourth-order valence-corrected chi connectivity index (χ4v) is 4.08. The van der Waals surface area contributed by atoms with Gasteiger partial charge in [-0.2, -0.15) is 0 Å². The quantitative estimate of drug-likeness (QED) is 0.369. The van der Waals surface area contributed by atoms with Crippen LogP contribution in [0.2, 0.25) is 0 Å². The first-order valence-electron chi connectivity index (χ1n) is 9.41. The van der Waals surface area contributed by atoms with E-state index in [0.717, 1.165) is 27.0 Å². The van der Waals surface area contributed by atoms with Gasteiger partial charge in [0.15, 0.2) is 0 Å². The minimum Gasteiger partial charge on any atom is -0.462 e. The van der Waals surface area contributed by atoms with Crippen LogP contribution in [0.5, 0.6) is 0 Å². The highest BCUT2D eigenvalue weighted by atomic mass is 35.5. The summed E-state index contributed by atoms with van der Waals surface area (Å²) in [6, 6.07) is 13.7. The number of carbonyl (C=O) groups is 1. The van der Waals surface area contributed by atoms with Crippen molar-refractivity contribution in [1.82, 2.24) is 9.97 Å². The highest BCUT2D eigenvalue weighted by Gasteiger charge is 2.14. The van der Waals surface area contributed by atoms with Gasteiger partial charge in [-0.25, -0.2) is 14.8 Å². The van der Waals surface area contributed by atoms with Crippen LogP contribution in [-0.4, -0.2) is 22.5 Å². The second-order valence-corrected chi connectivity index (χ2v) is 7.64. The number of hydrogen-bond donors (Lipinski definition) is 1. The van der Waals surface area contributed by atoms with Gasteiger partial charge in [-0.1, -0.05) is 24.3 Å². The van der Waals surface area contributed by atoms with Crippen molar-refractivity contribution in [2.24, 2.45) is 0 Å². The van der Waals surface area contributed by atoms with Gasteiger partial charge in [-0.15, -0.1) is 23.7 Å². The molecule has 2 aromatic carbocycles. The van der Waals surface area contributed by atoms with Crippen LogP contribution in [0, 0.1) is 13.8 Å². The summed E-state index contributed by atoms with van der Waals surface area (Å²) in [6.45, 7) is 6.36. The molecule has 0 unspecified atom stereocenters. The van der Waals surface area contributed by atoms with Crippen LogP contribution in [0.15, 0.2) is 54.2 Å². The first-order chi connectivity index (χ1) is 14.1. The summed E-state index contributed by atoms with van der Waals surface area (Å²) in [7, 11) is 0. The van der Waals surface area contributed by atoms with E-state index < -0.39 is 0 Å². The molecule has 154 valence electrons. The van der Waals surface area contributed by atoms with E-state index in [1.165, 1.54) is 11.1 Å². The molecular formula is C23H22ClN3O2S. The predicted octanol–water partition coefficient (Wildman–Crippen LogP) is 6.32. The molecule has 2 aromatic heterocycles. The largest absolute Gasteiger partial charge is 0.462 e. The first-order valence-corrected chi connectivity index (χ1v) is 10.3. The number of thiophene rings is 1. The number of aromatic nitrogens is 2. The van der Waals surface area contributed by atoms with Gasteiger partial charge in [0.1, 0.15) is 17.0 Å². The molecule has 7 heteroatoms. The van der Waals surface area contributed by atoms with Crippen molar-refractivity contribution in [3.63, 3.8) is 0 Å². The number of anilines is 2. The minimum absolute atomic E-state index is 0. The number of fused-ring (bicyclic) bond motifs is 1. The Labute approximate surface area is 185 Å². The van der Waals surface area contributed by atoms with Gasteiger partial charge in [0, 0.05) is 16.6 Å². The highest BCUT2D eigenvalue weighted by molar-refractivity contribution is 7.17. The molecule has 0 aliphatic heterocycles. The van der Waals surface area contributed by atoms with Gasteiger partial charge in [-0.05, 0) is 55.7 Å². The lowest BCUT2D eigenvalue weighted by atomic mass is 10.0. The zero-order chi connectivity index (χ0) is 20.4. The predicted molar refractivity (Wildman–Crippen MR) is 125 cm³/mol. The van der Waals surface area contributed by atoms with Crippen molar-refractivity contribution < 1.29 is 9.53 Å². The maximum absolute atomic E-state index is 12.0. The summed E-state index contributed by atoms with van der Waals surface area (Å²) in [5.74, 6) is 0.376. The summed E-state index contributed by atoms with van der Waals surface area (Å²) >= 11 is 1.59. The van der Waals surface area contributed by atoms with Crippen molar-refractivity contribution in [1.29, 1.82) is 0 Å². The van der Waals surface area contributed by atoms with E-state index in [1.54, 1.807) is 36.7 Å². The monoisotopic (exact) mass is 439 g/mol. The maximum atomic E-state index is 12.0. The fraction of sp³-hybridized carbons (Fsp3) is 0.174. The first kappa shape index (κ1) is 21.7. The van der Waals surface area contributed by atoms with E-state index in [1.807, 2.05) is 12.1 Å². The zero-order valence-corrected chi connectivity index (χ0v) is 18.6. The van der Waals surface area contributed by atoms with E-state index in [4.69, 9.17) is 4.74 Å². The third kappa shape index (κ3) is 4.30. The van der Waals surface area contributed by atoms with Gasteiger partial charge >= 0.3 is 5.97 Å². The molecule has 4 aromatic rings. The van der Waals surface area contributed by atoms with Crippen LogP contribution in [0.4, 0.5) is 11.5 Å². The highest BCUT2D eigenvalue weighted by Crippen LogP contribution is 2.38. The van der Waals surface area contributed by atoms with Crippen LogP contribution in [0.25, 0.3) is 21.3 Å². The van der Waals surface area contributed by atoms with Crippen molar-refractivity contribution in [3.8, 4) is 11.1 Å². The van der Waals surface area contributed by atoms with Crippen LogP contribution < -0.4 is 5.32 Å². The van der Waals surface area contributed by atoms with E-state index in [9.17, 15) is 4.79 Å². The number of hydrogen-bond acceptors (Lipinski definition) is 6. The Morgan fingerprint density at radius 3 is 2.70 bits per heavy atom. The van der Waals surface area contributed by atoms with Crippen molar-refractivity contribution >= 4 is 51.4 Å². The number of benzene rings is 2. The third-order valence-corrected chi connectivity index (χ3v) is 5.71. The Morgan fingerprint density at radius 2 is 1.93 bits per heavy atom. The second-order valence-electron chi connectivity index (χ2n) is 6.78. The Hall–Kier alpha value is -2.96. The SMILES string of the molecule is CCOC(=O)c1cccc(Nc2ncnc3scc(-c4ccc(C)c(C)c4)c23)c1.Cl. The van der Waals surface area contributed by atoms with Gasteiger partial charge in [-0.3, -0.25) is 0 Å². The lowest BCUT2D eigenvalue weighted by Gasteiger charge is -2.10. The van der Waals surface area contributed by atoms with Crippen molar-refractivity contribution in [3.05, 3.63) is 70.9 Å². The molecule has 2 heterocycles. The number of halogens is 1. The van der Waals surface area contributed by atoms with Gasteiger partial charge < -0.3 is 10.1 Å². The second kappa shape index (κ2) is 9.24. The average molecular weight is 440 g/mol. The smallest absolute Gasteiger partial charge is 0.338 e. The Balaban J connectivity index is 0.00000256. The molecule has 30 heavy (non-hydrogen) atoms. The van der Waals surface area contributed by atoms with E-state index >= 15 is 0 Å². The van der Waals surface area contributed by atoms with E-state index in [-0.39, 0.29) is 18.4 Å². The Bertz CT molecular complexity index is 1210. The summed E-state index contributed by atoms with van der Waals surface area (Å²) in [6.07, 6.45) is 1.56. The molecule has 0 atom stereocenters. The van der Waals surface area contributed by atoms with Crippen molar-refractivity contribution in [2.45, 2.75) is 20.8 Å². The molecule has 0 amide bonds. The average Bonchev–Trinajstić information content (AvgIpc) is 3.16. The number of nitrogens with one attached hydrogen (secondary N) is 1. The molecule has 1 N–H and O–H groups in total. The molecule has 0 aliphatic carbocycles. The van der Waals surface area contributed by atoms with Crippen molar-refractivity contribution in [2.75, 3.05) is 11.9 Å². The topological polar surface area (TPSA) is 64.1 Å². The van der Waals surface area contributed by atoms with Crippen LogP contribution in [-0.2, 0) is 4.74 Å². The molecule has 0 radical (unpaired) electrons. The summed E-state index contributed by atoms with van der Waals surface area (Å²) in [4.78, 5) is 21.9. The molecule has 0 saturated carbocycles. The normalized spacial score (nSPS) is 10.5. The lowest BCUT2D eigenvalue weighted by molar-refractivity contribution is 0.0526. The van der Waals surface area contributed by atoms with E-state index in [2.05, 4.69) is 52.7 Å². The van der Waals surface area contributed by atoms with Crippen LogP contribution in [0.3, 0.4) is 0 Å². The van der Waals surface area contributed by atoms with Gasteiger partial charge in [0.25, 0.3) is 0 Å². The summed E-state index contributed by atoms with van der Waals surface area (Å²) in [5.41, 5.74) is 6.01.